The van der Waals surface area contributed by atoms with Crippen molar-refractivity contribution in [3.63, 3.8) is 0 Å². The van der Waals surface area contributed by atoms with Gasteiger partial charge in [0, 0.05) is 0 Å². The Balaban J connectivity index is 2.13. The van der Waals surface area contributed by atoms with E-state index in [1.165, 1.54) is 12.7 Å². The largest absolute Gasteiger partial charge is 0.468 e. The lowest BCUT2D eigenvalue weighted by atomic mass is 10.1. The van der Waals surface area contributed by atoms with Crippen LogP contribution in [0.2, 0.25) is 0 Å². The second-order valence-electron chi connectivity index (χ2n) is 3.49. The molecule has 3 atom stereocenters. The number of nitrogens with zero attached hydrogens (tertiary/aromatic N) is 1. The summed E-state index contributed by atoms with van der Waals surface area (Å²) in [6.45, 7) is 0. The van der Waals surface area contributed by atoms with Crippen LogP contribution in [0.3, 0.4) is 0 Å². The first-order chi connectivity index (χ1) is 6.75. The summed E-state index contributed by atoms with van der Waals surface area (Å²) in [5.41, 5.74) is 1.17. The van der Waals surface area contributed by atoms with Crippen LogP contribution < -0.4 is 0 Å². The van der Waals surface area contributed by atoms with Gasteiger partial charge in [-0.15, -0.1) is 0 Å². The van der Waals surface area contributed by atoms with E-state index >= 15 is 0 Å². The van der Waals surface area contributed by atoms with E-state index in [9.17, 15) is 4.79 Å². The van der Waals surface area contributed by atoms with E-state index in [1.807, 2.05) is 42.3 Å². The summed E-state index contributed by atoms with van der Waals surface area (Å²) in [5.74, 6) is -0.152. The minimum Gasteiger partial charge on any atom is -0.468 e. The molecule has 1 unspecified atom stereocenters. The molecule has 0 aliphatic carbocycles. The second-order valence-corrected chi connectivity index (χ2v) is 3.49. The Hall–Kier alpha value is -1.35. The van der Waals surface area contributed by atoms with Crippen molar-refractivity contribution in [1.29, 1.82) is 0 Å². The molecule has 0 radical (unpaired) electrons. The highest BCUT2D eigenvalue weighted by Gasteiger charge is 2.51. The number of rotatable bonds is 2. The summed E-state index contributed by atoms with van der Waals surface area (Å²) in [7, 11) is 3.36. The molecule has 2 rings (SSSR count). The third-order valence-electron chi connectivity index (χ3n) is 2.67. The van der Waals surface area contributed by atoms with Gasteiger partial charge in [0.15, 0.2) is 0 Å². The van der Waals surface area contributed by atoms with E-state index in [4.69, 9.17) is 4.74 Å². The van der Waals surface area contributed by atoms with E-state index in [1.54, 1.807) is 0 Å². The summed E-state index contributed by atoms with van der Waals surface area (Å²) >= 11 is 0. The molecule has 1 aromatic rings. The SMILES string of the molecule is COC(=O)[C@@H]1[C@H](c2ccccc2)N1C. The molecule has 1 fully saturated rings. The summed E-state index contributed by atoms with van der Waals surface area (Å²) in [6.07, 6.45) is 0. The van der Waals surface area contributed by atoms with Gasteiger partial charge in [-0.2, -0.15) is 0 Å². The van der Waals surface area contributed by atoms with Gasteiger partial charge < -0.3 is 4.74 Å². The Labute approximate surface area is 83.3 Å². The van der Waals surface area contributed by atoms with Crippen molar-refractivity contribution < 1.29 is 9.53 Å². The Bertz CT molecular complexity index is 336. The van der Waals surface area contributed by atoms with Gasteiger partial charge in [-0.1, -0.05) is 30.3 Å². The molecule has 3 nitrogen and oxygen atoms in total. The van der Waals surface area contributed by atoms with E-state index in [0.29, 0.717) is 0 Å². The Morgan fingerprint density at radius 3 is 2.57 bits per heavy atom. The van der Waals surface area contributed by atoms with E-state index in [0.717, 1.165) is 0 Å². The van der Waals surface area contributed by atoms with Gasteiger partial charge in [0.1, 0.15) is 6.04 Å². The predicted octanol–water partition coefficient (Wildman–Crippen LogP) is 1.21. The van der Waals surface area contributed by atoms with Gasteiger partial charge in [0.25, 0.3) is 0 Å². The molecule has 3 heteroatoms. The first-order valence-electron chi connectivity index (χ1n) is 4.60. The number of hydrogen-bond donors (Lipinski definition) is 0. The molecule has 1 aromatic carbocycles. The topological polar surface area (TPSA) is 29.3 Å². The van der Waals surface area contributed by atoms with Crippen LogP contribution in [0.1, 0.15) is 11.6 Å². The Kier molecular flexibility index (Phi) is 2.25. The van der Waals surface area contributed by atoms with Crippen molar-refractivity contribution in [3.8, 4) is 0 Å². The molecule has 1 aliphatic rings. The first kappa shape index (κ1) is 9.21. The van der Waals surface area contributed by atoms with E-state index in [2.05, 4.69) is 0 Å². The van der Waals surface area contributed by atoms with Crippen molar-refractivity contribution in [2.24, 2.45) is 0 Å². The highest BCUT2D eigenvalue weighted by atomic mass is 16.5. The lowest BCUT2D eigenvalue weighted by Crippen LogP contribution is -2.12. The highest BCUT2D eigenvalue weighted by Crippen LogP contribution is 2.41. The average Bonchev–Trinajstić information content (AvgIpc) is 2.90. The normalized spacial score (nSPS) is 29.7. The second kappa shape index (κ2) is 3.42. The Morgan fingerprint density at radius 1 is 1.36 bits per heavy atom. The summed E-state index contributed by atoms with van der Waals surface area (Å²) < 4.78 is 4.72. The monoisotopic (exact) mass is 191 g/mol. The maximum atomic E-state index is 11.3. The smallest absolute Gasteiger partial charge is 0.325 e. The van der Waals surface area contributed by atoms with Gasteiger partial charge >= 0.3 is 5.97 Å². The molecule has 0 saturated carbocycles. The molecular formula is C11H13NO2. The van der Waals surface area contributed by atoms with Crippen LogP contribution in [0.15, 0.2) is 30.3 Å². The van der Waals surface area contributed by atoms with Gasteiger partial charge in [-0.05, 0) is 12.6 Å². The van der Waals surface area contributed by atoms with E-state index in [-0.39, 0.29) is 18.1 Å². The zero-order chi connectivity index (χ0) is 10.1. The molecular weight excluding hydrogens is 178 g/mol. The average molecular weight is 191 g/mol. The van der Waals surface area contributed by atoms with Gasteiger partial charge in [-0.25, -0.2) is 0 Å². The molecule has 0 aromatic heterocycles. The number of ether oxygens (including phenoxy) is 1. The van der Waals surface area contributed by atoms with Crippen molar-refractivity contribution in [1.82, 2.24) is 4.90 Å². The van der Waals surface area contributed by atoms with Gasteiger partial charge in [0.05, 0.1) is 13.2 Å². The van der Waals surface area contributed by atoms with Crippen LogP contribution in [-0.4, -0.2) is 31.1 Å². The lowest BCUT2D eigenvalue weighted by Gasteiger charge is -1.96. The Morgan fingerprint density at radius 2 is 2.00 bits per heavy atom. The third-order valence-corrected chi connectivity index (χ3v) is 2.67. The zero-order valence-electron chi connectivity index (χ0n) is 8.31. The van der Waals surface area contributed by atoms with Crippen LogP contribution in [0.25, 0.3) is 0 Å². The molecule has 1 aliphatic heterocycles. The zero-order valence-corrected chi connectivity index (χ0v) is 8.31. The highest BCUT2D eigenvalue weighted by molar-refractivity contribution is 5.80. The minimum atomic E-state index is -0.152. The fourth-order valence-electron chi connectivity index (χ4n) is 1.82. The standard InChI is InChI=1S/C11H13NO2/c1-12-9(10(12)11(13)14-2)8-6-4-3-5-7-8/h3-7,9-10H,1-2H3/t9-,10-,12?/m0/s1. The molecule has 0 spiro atoms. The number of methoxy groups -OCH3 is 1. The third kappa shape index (κ3) is 1.40. The predicted molar refractivity (Wildman–Crippen MR) is 52.8 cm³/mol. The number of likely N-dealkylation sites (N-methyl/N-ethyl adjacent to an activating group) is 1. The summed E-state index contributed by atoms with van der Waals surface area (Å²) in [5, 5.41) is 0. The minimum absolute atomic E-state index is 0.0950. The van der Waals surface area contributed by atoms with Crippen molar-refractivity contribution >= 4 is 5.97 Å². The summed E-state index contributed by atoms with van der Waals surface area (Å²) in [4.78, 5) is 13.3. The van der Waals surface area contributed by atoms with Crippen molar-refractivity contribution in [3.05, 3.63) is 35.9 Å². The molecule has 1 saturated heterocycles. The molecule has 14 heavy (non-hydrogen) atoms. The van der Waals surface area contributed by atoms with Crippen LogP contribution in [0.5, 0.6) is 0 Å². The number of benzene rings is 1. The van der Waals surface area contributed by atoms with Crippen molar-refractivity contribution in [2.75, 3.05) is 14.2 Å². The molecule has 0 amide bonds. The van der Waals surface area contributed by atoms with Crippen LogP contribution in [0, 0.1) is 0 Å². The quantitative estimate of drug-likeness (QED) is 0.520. The van der Waals surface area contributed by atoms with Crippen LogP contribution in [0.4, 0.5) is 0 Å². The van der Waals surface area contributed by atoms with Crippen LogP contribution >= 0.6 is 0 Å². The molecule has 0 N–H and O–H groups in total. The van der Waals surface area contributed by atoms with Crippen LogP contribution in [-0.2, 0) is 9.53 Å². The molecule has 0 bridgehead atoms. The fraction of sp³-hybridized carbons (Fsp3) is 0.364. The number of hydrogen-bond acceptors (Lipinski definition) is 3. The molecule has 74 valence electrons. The summed E-state index contributed by atoms with van der Waals surface area (Å²) in [6, 6.07) is 10.1. The first-order valence-corrected chi connectivity index (χ1v) is 4.60. The lowest BCUT2D eigenvalue weighted by molar-refractivity contribution is -0.140. The van der Waals surface area contributed by atoms with Gasteiger partial charge in [0.2, 0.25) is 0 Å². The number of carbonyl (C=O) groups excluding carboxylic acids is 1. The fourth-order valence-corrected chi connectivity index (χ4v) is 1.82. The van der Waals surface area contributed by atoms with E-state index < -0.39 is 0 Å². The number of esters is 1. The maximum Gasteiger partial charge on any atom is 0.325 e. The maximum absolute atomic E-state index is 11.3. The van der Waals surface area contributed by atoms with Gasteiger partial charge in [-0.3, -0.25) is 9.69 Å². The van der Waals surface area contributed by atoms with Crippen molar-refractivity contribution in [2.45, 2.75) is 12.1 Å². The number of carbonyl (C=O) groups is 1. The molecule has 1 heterocycles.